The first-order chi connectivity index (χ1) is 20.5. The van der Waals surface area contributed by atoms with Crippen LogP contribution in [0.2, 0.25) is 0 Å². The van der Waals surface area contributed by atoms with Gasteiger partial charge in [-0.3, -0.25) is 14.9 Å². The predicted molar refractivity (Wildman–Crippen MR) is 158 cm³/mol. The molecule has 0 spiro atoms. The number of esters is 2. The van der Waals surface area contributed by atoms with Crippen molar-refractivity contribution in [2.24, 2.45) is 0 Å². The maximum atomic E-state index is 14.1. The van der Waals surface area contributed by atoms with Crippen LogP contribution in [0.1, 0.15) is 48.4 Å². The summed E-state index contributed by atoms with van der Waals surface area (Å²) in [5.41, 5.74) is 3.29. The number of aryl methyl sites for hydroxylation is 1. The highest BCUT2D eigenvalue weighted by atomic mass is 16.5. The molecule has 8 heteroatoms. The second-order valence-electron chi connectivity index (χ2n) is 10.3. The number of amides is 1. The molecular weight excluding hydrogens is 530 g/mol. The van der Waals surface area contributed by atoms with E-state index in [1.807, 2.05) is 60.7 Å². The summed E-state index contributed by atoms with van der Waals surface area (Å²) in [6.07, 6.45) is 2.51. The highest BCUT2D eigenvalue weighted by molar-refractivity contribution is 5.89. The molecule has 0 bridgehead atoms. The summed E-state index contributed by atoms with van der Waals surface area (Å²) in [6, 6.07) is 26.1. The molecule has 0 radical (unpaired) electrons. The van der Waals surface area contributed by atoms with Crippen LogP contribution in [0.15, 0.2) is 84.9 Å². The van der Waals surface area contributed by atoms with Crippen LogP contribution in [-0.2, 0) is 43.3 Å². The van der Waals surface area contributed by atoms with E-state index in [0.717, 1.165) is 16.7 Å². The van der Waals surface area contributed by atoms with Gasteiger partial charge in [0.2, 0.25) is 5.91 Å². The molecule has 4 rings (SSSR count). The first-order valence-corrected chi connectivity index (χ1v) is 14.4. The lowest BCUT2D eigenvalue weighted by Crippen LogP contribution is -2.55. The number of hydrogen-bond donors (Lipinski definition) is 1. The molecule has 218 valence electrons. The molecule has 0 unspecified atom stereocenters. The summed E-state index contributed by atoms with van der Waals surface area (Å²) in [5.74, 6) is -1.13. The fourth-order valence-corrected chi connectivity index (χ4v) is 5.18. The summed E-state index contributed by atoms with van der Waals surface area (Å²) in [5, 5.41) is 12.5. The minimum Gasteiger partial charge on any atom is -0.465 e. The molecule has 3 aromatic carbocycles. The topological polar surface area (TPSA) is 109 Å². The Morgan fingerprint density at radius 2 is 1.57 bits per heavy atom. The number of nitriles is 1. The van der Waals surface area contributed by atoms with Crippen LogP contribution < -0.4 is 5.32 Å². The minimum atomic E-state index is -0.800. The molecule has 1 saturated heterocycles. The Hall–Kier alpha value is -4.48. The summed E-state index contributed by atoms with van der Waals surface area (Å²) < 4.78 is 11.0. The van der Waals surface area contributed by atoms with Crippen molar-refractivity contribution in [1.29, 1.82) is 5.26 Å². The number of carbonyl (C=O) groups excluding carboxylic acids is 3. The first kappa shape index (κ1) is 30.5. The third-order valence-electron chi connectivity index (χ3n) is 7.39. The average Bonchev–Trinajstić information content (AvgIpc) is 3.53. The van der Waals surface area contributed by atoms with Crippen LogP contribution in [0.3, 0.4) is 0 Å². The second-order valence-corrected chi connectivity index (χ2v) is 10.3. The molecule has 0 aromatic heterocycles. The van der Waals surface area contributed by atoms with E-state index < -0.39 is 30.1 Å². The summed E-state index contributed by atoms with van der Waals surface area (Å²) >= 11 is 0. The van der Waals surface area contributed by atoms with Crippen molar-refractivity contribution in [3.05, 3.63) is 107 Å². The van der Waals surface area contributed by atoms with Crippen molar-refractivity contribution in [2.75, 3.05) is 13.2 Å². The molecule has 1 N–H and O–H groups in total. The number of likely N-dealkylation sites (tertiary alicyclic amines) is 1. The van der Waals surface area contributed by atoms with Crippen molar-refractivity contribution in [1.82, 2.24) is 10.2 Å². The fraction of sp³-hybridized carbons (Fsp3) is 0.353. The van der Waals surface area contributed by atoms with Gasteiger partial charge in [-0.25, -0.2) is 4.79 Å². The zero-order chi connectivity index (χ0) is 29.7. The van der Waals surface area contributed by atoms with Crippen molar-refractivity contribution >= 4 is 17.8 Å². The lowest BCUT2D eigenvalue weighted by molar-refractivity contribution is -0.155. The van der Waals surface area contributed by atoms with E-state index in [1.54, 1.807) is 36.1 Å². The number of nitrogens with one attached hydrogen (secondary N) is 1. The lowest BCUT2D eigenvalue weighted by Gasteiger charge is -2.30. The molecule has 42 heavy (non-hydrogen) atoms. The van der Waals surface area contributed by atoms with Gasteiger partial charge in [0, 0.05) is 6.54 Å². The molecule has 1 aliphatic heterocycles. The number of carbonyl (C=O) groups is 3. The van der Waals surface area contributed by atoms with E-state index in [-0.39, 0.29) is 25.5 Å². The third-order valence-corrected chi connectivity index (χ3v) is 7.39. The standard InChI is InChI=1S/C34H37N3O5/c1-2-41-33(39)29(20-19-25-10-5-3-6-11-25)36-30(22-26-15-17-27(23-35)18-16-26)32(38)37-21-9-14-31(37)34(40)42-24-28-12-7-4-8-13-28/h3-8,10-13,15-18,29-31,36H,2,9,14,19-22,24H2,1H3/t29-,30-,31-/m0/s1. The van der Waals surface area contributed by atoms with E-state index >= 15 is 0 Å². The summed E-state index contributed by atoms with van der Waals surface area (Å²) in [4.78, 5) is 41.9. The van der Waals surface area contributed by atoms with Gasteiger partial charge in [0.05, 0.1) is 24.3 Å². The highest BCUT2D eigenvalue weighted by Gasteiger charge is 2.39. The molecule has 1 fully saturated rings. The Labute approximate surface area is 247 Å². The minimum absolute atomic E-state index is 0.134. The van der Waals surface area contributed by atoms with Crippen LogP contribution in [0, 0.1) is 11.3 Å². The van der Waals surface area contributed by atoms with Crippen LogP contribution >= 0.6 is 0 Å². The zero-order valence-electron chi connectivity index (χ0n) is 23.9. The average molecular weight is 568 g/mol. The monoisotopic (exact) mass is 567 g/mol. The van der Waals surface area contributed by atoms with Crippen molar-refractivity contribution < 1.29 is 23.9 Å². The van der Waals surface area contributed by atoms with E-state index in [4.69, 9.17) is 9.47 Å². The van der Waals surface area contributed by atoms with Crippen LogP contribution in [0.4, 0.5) is 0 Å². The third kappa shape index (κ3) is 8.51. The van der Waals surface area contributed by atoms with Crippen molar-refractivity contribution in [3.8, 4) is 6.07 Å². The smallest absolute Gasteiger partial charge is 0.329 e. The van der Waals surface area contributed by atoms with Crippen molar-refractivity contribution in [3.63, 3.8) is 0 Å². The molecule has 0 aliphatic carbocycles. The number of benzene rings is 3. The van der Waals surface area contributed by atoms with Gasteiger partial charge in [-0.15, -0.1) is 0 Å². The Morgan fingerprint density at radius 3 is 2.21 bits per heavy atom. The van der Waals surface area contributed by atoms with Crippen LogP contribution in [-0.4, -0.2) is 54.0 Å². The molecular formula is C34H37N3O5. The van der Waals surface area contributed by atoms with Gasteiger partial charge in [0.15, 0.2) is 0 Å². The number of ether oxygens (including phenoxy) is 2. The molecule has 1 aliphatic rings. The van der Waals surface area contributed by atoms with Crippen LogP contribution in [0.25, 0.3) is 0 Å². The normalized spacial score (nSPS) is 15.8. The predicted octanol–water partition coefficient (Wildman–Crippen LogP) is 4.36. The molecule has 1 heterocycles. The van der Waals surface area contributed by atoms with Crippen LogP contribution in [0.5, 0.6) is 0 Å². The van der Waals surface area contributed by atoms with E-state index in [2.05, 4.69) is 11.4 Å². The molecule has 0 saturated carbocycles. The van der Waals surface area contributed by atoms with Gasteiger partial charge in [-0.2, -0.15) is 5.26 Å². The number of hydrogen-bond acceptors (Lipinski definition) is 7. The Morgan fingerprint density at radius 1 is 0.905 bits per heavy atom. The van der Waals surface area contributed by atoms with E-state index in [9.17, 15) is 19.6 Å². The van der Waals surface area contributed by atoms with Gasteiger partial charge in [0.25, 0.3) is 0 Å². The number of rotatable bonds is 13. The molecule has 3 aromatic rings. The fourth-order valence-electron chi connectivity index (χ4n) is 5.18. The zero-order valence-corrected chi connectivity index (χ0v) is 23.9. The molecule has 8 nitrogen and oxygen atoms in total. The van der Waals surface area contributed by atoms with Gasteiger partial charge in [-0.1, -0.05) is 72.8 Å². The van der Waals surface area contributed by atoms with Gasteiger partial charge in [-0.05, 0) is 67.9 Å². The first-order valence-electron chi connectivity index (χ1n) is 14.4. The Kier molecular flexibility index (Phi) is 11.2. The largest absolute Gasteiger partial charge is 0.465 e. The summed E-state index contributed by atoms with van der Waals surface area (Å²) in [6.45, 7) is 2.53. The Bertz CT molecular complexity index is 1360. The SMILES string of the molecule is CCOC(=O)[C@H](CCc1ccccc1)N[C@@H](Cc1ccc(C#N)cc1)C(=O)N1CCC[C@H]1C(=O)OCc1ccccc1. The molecule has 1 amide bonds. The van der Waals surface area contributed by atoms with Gasteiger partial charge < -0.3 is 14.4 Å². The van der Waals surface area contributed by atoms with Gasteiger partial charge in [0.1, 0.15) is 18.7 Å². The summed E-state index contributed by atoms with van der Waals surface area (Å²) in [7, 11) is 0. The van der Waals surface area contributed by atoms with E-state index in [0.29, 0.717) is 37.8 Å². The second kappa shape index (κ2) is 15.5. The van der Waals surface area contributed by atoms with E-state index in [1.165, 1.54) is 0 Å². The lowest BCUT2D eigenvalue weighted by atomic mass is 10.00. The Balaban J connectivity index is 1.53. The van der Waals surface area contributed by atoms with Gasteiger partial charge >= 0.3 is 11.9 Å². The van der Waals surface area contributed by atoms with Crippen molar-refractivity contribution in [2.45, 2.75) is 63.8 Å². The quantitative estimate of drug-likeness (QED) is 0.306. The highest BCUT2D eigenvalue weighted by Crippen LogP contribution is 2.22. The molecule has 3 atom stereocenters. The number of nitrogens with zero attached hydrogens (tertiary/aromatic N) is 2. The maximum absolute atomic E-state index is 14.1. The maximum Gasteiger partial charge on any atom is 0.329 e.